The average molecular weight is 248 g/mol. The van der Waals surface area contributed by atoms with Gasteiger partial charge in [0.25, 0.3) is 0 Å². The summed E-state index contributed by atoms with van der Waals surface area (Å²) in [6.07, 6.45) is -1.11. The first kappa shape index (κ1) is 13.3. The lowest BCUT2D eigenvalue weighted by Crippen LogP contribution is -2.55. The summed E-state index contributed by atoms with van der Waals surface area (Å²) in [6, 6.07) is -1.62. The largest absolute Gasteiger partial charge is 0.480 e. The molecule has 0 saturated carbocycles. The molecule has 3 atom stereocenters. The molecule has 1 fully saturated rings. The maximum absolute atomic E-state index is 11.7. The van der Waals surface area contributed by atoms with Crippen LogP contribution in [0.15, 0.2) is 0 Å². The maximum atomic E-state index is 11.7. The second kappa shape index (κ2) is 6.07. The minimum Gasteiger partial charge on any atom is -0.480 e. The van der Waals surface area contributed by atoms with E-state index in [-0.39, 0.29) is 11.9 Å². The molecule has 1 saturated heterocycles. The first-order chi connectivity index (χ1) is 7.52. The molecule has 7 heteroatoms. The van der Waals surface area contributed by atoms with E-state index in [0.717, 1.165) is 12.3 Å². The van der Waals surface area contributed by atoms with E-state index in [1.165, 1.54) is 6.92 Å². The molecule has 1 rings (SSSR count). The Labute approximate surface area is 97.8 Å². The molecule has 1 aliphatic rings. The molecule has 0 bridgehead atoms. The number of aliphatic hydroxyl groups excluding tert-OH is 1. The molecule has 1 aliphatic heterocycles. The number of carbonyl (C=O) groups excluding carboxylic acids is 1. The molecule has 0 radical (unpaired) electrons. The highest BCUT2D eigenvalue weighted by molar-refractivity contribution is 7.99. The van der Waals surface area contributed by atoms with E-state index < -0.39 is 18.1 Å². The Kier molecular flexibility index (Phi) is 5.04. The van der Waals surface area contributed by atoms with E-state index >= 15 is 0 Å². The van der Waals surface area contributed by atoms with Crippen LogP contribution in [0.5, 0.6) is 0 Å². The number of carboxylic acids is 1. The topological polar surface area (TPSA) is 98.7 Å². The van der Waals surface area contributed by atoms with Crippen LogP contribution in [0, 0.1) is 0 Å². The van der Waals surface area contributed by atoms with Crippen molar-refractivity contribution in [1.29, 1.82) is 0 Å². The Morgan fingerprint density at radius 1 is 1.56 bits per heavy atom. The van der Waals surface area contributed by atoms with Crippen LogP contribution in [0.2, 0.25) is 0 Å². The van der Waals surface area contributed by atoms with E-state index in [1.807, 2.05) is 0 Å². The minimum absolute atomic E-state index is 0.375. The molecule has 92 valence electrons. The van der Waals surface area contributed by atoms with Crippen LogP contribution in [0.3, 0.4) is 0 Å². The van der Waals surface area contributed by atoms with Crippen molar-refractivity contribution in [2.24, 2.45) is 0 Å². The quantitative estimate of drug-likeness (QED) is 0.490. The third-order valence-electron chi connectivity index (χ3n) is 2.28. The van der Waals surface area contributed by atoms with Crippen LogP contribution in [0.1, 0.15) is 6.92 Å². The molecule has 6 nitrogen and oxygen atoms in total. The van der Waals surface area contributed by atoms with Gasteiger partial charge in [0, 0.05) is 18.1 Å². The van der Waals surface area contributed by atoms with E-state index in [9.17, 15) is 14.7 Å². The van der Waals surface area contributed by atoms with Gasteiger partial charge < -0.3 is 20.8 Å². The van der Waals surface area contributed by atoms with Gasteiger partial charge in [0.1, 0.15) is 0 Å². The summed E-state index contributed by atoms with van der Waals surface area (Å²) in [5.74, 6) is -0.0344. The lowest BCUT2D eigenvalue weighted by molar-refractivity contribution is -0.145. The smallest absolute Gasteiger partial charge is 0.328 e. The Morgan fingerprint density at radius 2 is 2.25 bits per heavy atom. The number of nitrogens with one attached hydrogen (secondary N) is 2. The van der Waals surface area contributed by atoms with Gasteiger partial charge in [-0.1, -0.05) is 0 Å². The maximum Gasteiger partial charge on any atom is 0.328 e. The lowest BCUT2D eigenvalue weighted by atomic mass is 10.1. The SMILES string of the molecule is C[C@@H](O)[C@H](NC(=O)C1CSCCN1)C(=O)O. The Hall–Kier alpha value is -0.790. The summed E-state index contributed by atoms with van der Waals surface area (Å²) in [6.45, 7) is 2.07. The van der Waals surface area contributed by atoms with Gasteiger partial charge in [-0.05, 0) is 6.92 Å². The van der Waals surface area contributed by atoms with E-state index in [1.54, 1.807) is 11.8 Å². The van der Waals surface area contributed by atoms with Crippen molar-refractivity contribution in [2.75, 3.05) is 18.1 Å². The van der Waals surface area contributed by atoms with E-state index in [0.29, 0.717) is 5.75 Å². The summed E-state index contributed by atoms with van der Waals surface area (Å²) in [4.78, 5) is 22.4. The third-order valence-corrected chi connectivity index (χ3v) is 3.35. The number of rotatable bonds is 4. The Balaban J connectivity index is 2.50. The Bertz CT molecular complexity index is 266. The van der Waals surface area contributed by atoms with Crippen molar-refractivity contribution < 1.29 is 19.8 Å². The zero-order chi connectivity index (χ0) is 12.1. The van der Waals surface area contributed by atoms with Crippen LogP contribution in [-0.4, -0.2) is 58.3 Å². The first-order valence-corrected chi connectivity index (χ1v) is 6.20. The van der Waals surface area contributed by atoms with Gasteiger partial charge in [0.15, 0.2) is 6.04 Å². The van der Waals surface area contributed by atoms with Crippen LogP contribution >= 0.6 is 11.8 Å². The predicted molar refractivity (Wildman–Crippen MR) is 60.4 cm³/mol. The highest BCUT2D eigenvalue weighted by atomic mass is 32.2. The highest BCUT2D eigenvalue weighted by Crippen LogP contribution is 2.08. The van der Waals surface area contributed by atoms with Crippen molar-refractivity contribution in [3.8, 4) is 0 Å². The van der Waals surface area contributed by atoms with Crippen molar-refractivity contribution in [1.82, 2.24) is 10.6 Å². The fourth-order valence-electron chi connectivity index (χ4n) is 1.38. The Morgan fingerprint density at radius 3 is 2.69 bits per heavy atom. The van der Waals surface area contributed by atoms with Crippen LogP contribution in [0.4, 0.5) is 0 Å². The molecule has 1 amide bonds. The molecule has 1 unspecified atom stereocenters. The average Bonchev–Trinajstić information content (AvgIpc) is 2.25. The number of aliphatic carboxylic acids is 1. The van der Waals surface area contributed by atoms with Gasteiger partial charge >= 0.3 is 5.97 Å². The molecule has 0 aromatic rings. The number of thioether (sulfide) groups is 1. The predicted octanol–water partition coefficient (Wildman–Crippen LogP) is -1.36. The molecular formula is C9H16N2O4S. The van der Waals surface area contributed by atoms with Gasteiger partial charge in [0.2, 0.25) is 5.91 Å². The molecular weight excluding hydrogens is 232 g/mol. The fraction of sp³-hybridized carbons (Fsp3) is 0.778. The number of aliphatic hydroxyl groups is 1. The first-order valence-electron chi connectivity index (χ1n) is 5.04. The zero-order valence-corrected chi connectivity index (χ0v) is 9.79. The molecule has 16 heavy (non-hydrogen) atoms. The molecule has 1 heterocycles. The monoisotopic (exact) mass is 248 g/mol. The zero-order valence-electron chi connectivity index (χ0n) is 8.97. The van der Waals surface area contributed by atoms with Crippen molar-refractivity contribution in [2.45, 2.75) is 25.1 Å². The van der Waals surface area contributed by atoms with E-state index in [2.05, 4.69) is 10.6 Å². The molecule has 0 aromatic heterocycles. The number of carbonyl (C=O) groups is 2. The summed E-state index contributed by atoms with van der Waals surface area (Å²) in [5, 5.41) is 23.3. The fourth-order valence-corrected chi connectivity index (χ4v) is 2.31. The van der Waals surface area contributed by atoms with Gasteiger partial charge in [-0.25, -0.2) is 4.79 Å². The van der Waals surface area contributed by atoms with Gasteiger partial charge in [-0.2, -0.15) is 11.8 Å². The standard InChI is InChI=1S/C9H16N2O4S/c1-5(12)7(9(14)15)11-8(13)6-4-16-3-2-10-6/h5-7,10,12H,2-4H2,1H3,(H,11,13)(H,14,15)/t5-,6?,7+/m1/s1. The second-order valence-electron chi connectivity index (χ2n) is 3.65. The molecule has 0 aliphatic carbocycles. The lowest BCUT2D eigenvalue weighted by Gasteiger charge is -2.25. The van der Waals surface area contributed by atoms with Crippen molar-refractivity contribution >= 4 is 23.6 Å². The number of hydrogen-bond acceptors (Lipinski definition) is 5. The summed E-state index contributed by atoms with van der Waals surface area (Å²) in [7, 11) is 0. The van der Waals surface area contributed by atoms with Crippen LogP contribution < -0.4 is 10.6 Å². The number of amides is 1. The van der Waals surface area contributed by atoms with Gasteiger partial charge in [-0.15, -0.1) is 0 Å². The third kappa shape index (κ3) is 3.66. The molecule has 4 N–H and O–H groups in total. The minimum atomic E-state index is -1.25. The van der Waals surface area contributed by atoms with E-state index in [4.69, 9.17) is 5.11 Å². The van der Waals surface area contributed by atoms with Crippen molar-refractivity contribution in [3.05, 3.63) is 0 Å². The summed E-state index contributed by atoms with van der Waals surface area (Å²) < 4.78 is 0. The van der Waals surface area contributed by atoms with Crippen molar-refractivity contribution in [3.63, 3.8) is 0 Å². The highest BCUT2D eigenvalue weighted by Gasteiger charge is 2.29. The van der Waals surface area contributed by atoms with Crippen LogP contribution in [0.25, 0.3) is 0 Å². The number of carboxylic acid groups (broad SMARTS) is 1. The molecule has 0 aromatic carbocycles. The van der Waals surface area contributed by atoms with Gasteiger partial charge in [-0.3, -0.25) is 4.79 Å². The van der Waals surface area contributed by atoms with Gasteiger partial charge in [0.05, 0.1) is 12.1 Å². The number of hydrogen-bond donors (Lipinski definition) is 4. The normalized spacial score (nSPS) is 24.5. The second-order valence-corrected chi connectivity index (χ2v) is 4.80. The van der Waals surface area contributed by atoms with Crippen LogP contribution in [-0.2, 0) is 9.59 Å². The molecule has 0 spiro atoms. The summed E-state index contributed by atoms with van der Waals surface area (Å²) >= 11 is 1.64. The summed E-state index contributed by atoms with van der Waals surface area (Å²) in [5.41, 5.74) is 0.